The Morgan fingerprint density at radius 3 is 2.35 bits per heavy atom. The molecule has 0 saturated carbocycles. The molecule has 0 aliphatic carbocycles. The Balaban J connectivity index is 2.81. The molecule has 17 heavy (non-hydrogen) atoms. The summed E-state index contributed by atoms with van der Waals surface area (Å²) < 4.78 is 2.03. The highest BCUT2D eigenvalue weighted by molar-refractivity contribution is 5.14. The molecule has 1 aromatic rings. The maximum Gasteiger partial charge on any atom is 0.0625 e. The molecule has 0 aliphatic rings. The third-order valence-electron chi connectivity index (χ3n) is 3.76. The van der Waals surface area contributed by atoms with Gasteiger partial charge in [0.2, 0.25) is 0 Å². The lowest BCUT2D eigenvalue weighted by Crippen LogP contribution is -2.22. The average molecular weight is 237 g/mol. The molecule has 1 aromatic heterocycles. The van der Waals surface area contributed by atoms with Crippen molar-refractivity contribution in [2.24, 2.45) is 13.0 Å². The van der Waals surface area contributed by atoms with Crippen molar-refractivity contribution in [2.45, 2.75) is 52.5 Å². The van der Waals surface area contributed by atoms with Gasteiger partial charge in [-0.2, -0.15) is 5.10 Å². The predicted molar refractivity (Wildman–Crippen MR) is 73.1 cm³/mol. The lowest BCUT2D eigenvalue weighted by Gasteiger charge is -2.21. The van der Waals surface area contributed by atoms with Gasteiger partial charge in [0.15, 0.2) is 0 Å². The standard InChI is InChI=1S/C14H27N3/c1-6-11(7-2)9-13(15-4)14-10-12(8-3)16-17(14)5/h10-11,13,15H,6-9H2,1-5H3. The number of aromatic nitrogens is 2. The highest BCUT2D eigenvalue weighted by Crippen LogP contribution is 2.25. The zero-order chi connectivity index (χ0) is 12.8. The molecule has 1 N–H and O–H groups in total. The van der Waals surface area contributed by atoms with E-state index in [2.05, 4.69) is 37.3 Å². The summed E-state index contributed by atoms with van der Waals surface area (Å²) in [6.45, 7) is 6.71. The van der Waals surface area contributed by atoms with Gasteiger partial charge < -0.3 is 5.32 Å². The third-order valence-corrected chi connectivity index (χ3v) is 3.76. The lowest BCUT2D eigenvalue weighted by atomic mass is 9.93. The van der Waals surface area contributed by atoms with Crippen molar-refractivity contribution < 1.29 is 0 Å². The molecule has 0 fully saturated rings. The number of hydrogen-bond donors (Lipinski definition) is 1. The Labute approximate surface area is 106 Å². The molecule has 0 amide bonds. The number of rotatable bonds is 7. The highest BCUT2D eigenvalue weighted by atomic mass is 15.3. The van der Waals surface area contributed by atoms with Crippen LogP contribution < -0.4 is 5.32 Å². The Morgan fingerprint density at radius 2 is 1.94 bits per heavy atom. The molecule has 0 bridgehead atoms. The number of nitrogens with one attached hydrogen (secondary N) is 1. The number of hydrogen-bond acceptors (Lipinski definition) is 2. The molecule has 0 aromatic carbocycles. The van der Waals surface area contributed by atoms with Crippen LogP contribution in [0.4, 0.5) is 0 Å². The third kappa shape index (κ3) is 3.56. The fourth-order valence-corrected chi connectivity index (χ4v) is 2.38. The zero-order valence-corrected chi connectivity index (χ0v) is 12.0. The normalized spacial score (nSPS) is 13.3. The molecular formula is C14H27N3. The fraction of sp³-hybridized carbons (Fsp3) is 0.786. The van der Waals surface area contributed by atoms with E-state index < -0.39 is 0 Å². The molecule has 1 atom stereocenters. The van der Waals surface area contributed by atoms with Gasteiger partial charge in [0.1, 0.15) is 0 Å². The molecule has 0 aliphatic heterocycles. The van der Waals surface area contributed by atoms with Crippen LogP contribution in [0.5, 0.6) is 0 Å². The van der Waals surface area contributed by atoms with Gasteiger partial charge in [0.05, 0.1) is 11.4 Å². The minimum absolute atomic E-state index is 0.428. The van der Waals surface area contributed by atoms with Crippen LogP contribution in [-0.2, 0) is 13.5 Å². The summed E-state index contributed by atoms with van der Waals surface area (Å²) in [7, 11) is 4.09. The largest absolute Gasteiger partial charge is 0.312 e. The van der Waals surface area contributed by atoms with Gasteiger partial charge in [-0.05, 0) is 31.9 Å². The van der Waals surface area contributed by atoms with Crippen molar-refractivity contribution in [1.29, 1.82) is 0 Å². The molecule has 1 heterocycles. The Hall–Kier alpha value is -0.830. The second-order valence-electron chi connectivity index (χ2n) is 4.80. The second kappa shape index (κ2) is 6.80. The quantitative estimate of drug-likeness (QED) is 0.790. The average Bonchev–Trinajstić information content (AvgIpc) is 2.72. The van der Waals surface area contributed by atoms with Crippen LogP contribution in [-0.4, -0.2) is 16.8 Å². The summed E-state index contributed by atoms with van der Waals surface area (Å²) in [5.41, 5.74) is 2.50. The summed E-state index contributed by atoms with van der Waals surface area (Å²) in [4.78, 5) is 0. The Kier molecular flexibility index (Phi) is 5.69. The van der Waals surface area contributed by atoms with E-state index in [4.69, 9.17) is 0 Å². The summed E-state index contributed by atoms with van der Waals surface area (Å²) in [6, 6.07) is 2.67. The van der Waals surface area contributed by atoms with E-state index in [9.17, 15) is 0 Å². The molecule has 3 nitrogen and oxygen atoms in total. The van der Waals surface area contributed by atoms with Crippen molar-refractivity contribution in [3.8, 4) is 0 Å². The molecule has 1 unspecified atom stereocenters. The fourth-order valence-electron chi connectivity index (χ4n) is 2.38. The van der Waals surface area contributed by atoms with Crippen molar-refractivity contribution in [3.05, 3.63) is 17.5 Å². The maximum atomic E-state index is 4.53. The molecule has 0 radical (unpaired) electrons. The number of nitrogens with zero attached hydrogens (tertiary/aromatic N) is 2. The first-order valence-corrected chi connectivity index (χ1v) is 6.86. The van der Waals surface area contributed by atoms with Gasteiger partial charge in [0.25, 0.3) is 0 Å². The van der Waals surface area contributed by atoms with Crippen LogP contribution in [0.25, 0.3) is 0 Å². The van der Waals surface area contributed by atoms with E-state index >= 15 is 0 Å². The number of aryl methyl sites for hydroxylation is 2. The second-order valence-corrected chi connectivity index (χ2v) is 4.80. The Morgan fingerprint density at radius 1 is 1.29 bits per heavy atom. The first-order valence-electron chi connectivity index (χ1n) is 6.86. The van der Waals surface area contributed by atoms with E-state index in [1.54, 1.807) is 0 Å². The van der Waals surface area contributed by atoms with Crippen LogP contribution in [0.15, 0.2) is 6.07 Å². The topological polar surface area (TPSA) is 29.9 Å². The van der Waals surface area contributed by atoms with E-state index in [1.165, 1.54) is 30.7 Å². The van der Waals surface area contributed by atoms with E-state index in [1.807, 2.05) is 18.8 Å². The Bertz CT molecular complexity index is 326. The molecule has 3 heteroatoms. The van der Waals surface area contributed by atoms with Gasteiger partial charge >= 0.3 is 0 Å². The molecule has 1 rings (SSSR count). The maximum absolute atomic E-state index is 4.53. The molecular weight excluding hydrogens is 210 g/mol. The van der Waals surface area contributed by atoms with E-state index in [-0.39, 0.29) is 0 Å². The van der Waals surface area contributed by atoms with Crippen LogP contribution in [0.2, 0.25) is 0 Å². The molecule has 0 spiro atoms. The predicted octanol–water partition coefficient (Wildman–Crippen LogP) is 3.07. The zero-order valence-electron chi connectivity index (χ0n) is 12.0. The molecule has 98 valence electrons. The van der Waals surface area contributed by atoms with Crippen LogP contribution in [0.1, 0.15) is 57.5 Å². The van der Waals surface area contributed by atoms with Gasteiger partial charge in [-0.3, -0.25) is 4.68 Å². The van der Waals surface area contributed by atoms with Crippen LogP contribution >= 0.6 is 0 Å². The summed E-state index contributed by atoms with van der Waals surface area (Å²) in [5.74, 6) is 0.799. The van der Waals surface area contributed by atoms with E-state index in [0.717, 1.165) is 12.3 Å². The SMILES string of the molecule is CCc1cc(C(CC(CC)CC)NC)n(C)n1. The summed E-state index contributed by atoms with van der Waals surface area (Å²) in [6.07, 6.45) is 4.72. The van der Waals surface area contributed by atoms with Crippen molar-refractivity contribution in [3.63, 3.8) is 0 Å². The summed E-state index contributed by atoms with van der Waals surface area (Å²) >= 11 is 0. The van der Waals surface area contributed by atoms with Crippen LogP contribution in [0.3, 0.4) is 0 Å². The minimum atomic E-state index is 0.428. The van der Waals surface area contributed by atoms with Crippen molar-refractivity contribution >= 4 is 0 Å². The van der Waals surface area contributed by atoms with Gasteiger partial charge in [-0.15, -0.1) is 0 Å². The minimum Gasteiger partial charge on any atom is -0.312 e. The van der Waals surface area contributed by atoms with Crippen molar-refractivity contribution in [1.82, 2.24) is 15.1 Å². The first kappa shape index (κ1) is 14.2. The van der Waals surface area contributed by atoms with Gasteiger partial charge in [-0.25, -0.2) is 0 Å². The summed E-state index contributed by atoms with van der Waals surface area (Å²) in [5, 5.41) is 7.97. The van der Waals surface area contributed by atoms with Gasteiger partial charge in [0, 0.05) is 13.1 Å². The lowest BCUT2D eigenvalue weighted by molar-refractivity contribution is 0.373. The van der Waals surface area contributed by atoms with Gasteiger partial charge in [-0.1, -0.05) is 33.6 Å². The molecule has 0 saturated heterocycles. The smallest absolute Gasteiger partial charge is 0.0625 e. The monoisotopic (exact) mass is 237 g/mol. The van der Waals surface area contributed by atoms with Crippen molar-refractivity contribution in [2.75, 3.05) is 7.05 Å². The highest BCUT2D eigenvalue weighted by Gasteiger charge is 2.18. The van der Waals surface area contributed by atoms with Crippen LogP contribution in [0, 0.1) is 5.92 Å². The van der Waals surface area contributed by atoms with E-state index in [0.29, 0.717) is 6.04 Å². The first-order chi connectivity index (χ1) is 8.15.